The van der Waals surface area contributed by atoms with Gasteiger partial charge >= 0.3 is 0 Å². The Balaban J connectivity index is 1.63. The molecule has 0 spiro atoms. The summed E-state index contributed by atoms with van der Waals surface area (Å²) in [5.41, 5.74) is 3.52. The Labute approximate surface area is 173 Å². The van der Waals surface area contributed by atoms with Crippen LogP contribution in [-0.2, 0) is 6.42 Å². The lowest BCUT2D eigenvalue weighted by Crippen LogP contribution is -2.46. The summed E-state index contributed by atoms with van der Waals surface area (Å²) in [6.45, 7) is 7.87. The lowest BCUT2D eigenvalue weighted by atomic mass is 10.0. The molecule has 2 heterocycles. The van der Waals surface area contributed by atoms with Crippen LogP contribution in [-0.4, -0.2) is 54.3 Å². The van der Waals surface area contributed by atoms with E-state index in [2.05, 4.69) is 71.3 Å². The maximum absolute atomic E-state index is 8.97. The average Bonchev–Trinajstić information content (AvgIpc) is 2.79. The predicted octanol–water partition coefficient (Wildman–Crippen LogP) is 4.36. The van der Waals surface area contributed by atoms with E-state index in [0.29, 0.717) is 0 Å². The molecule has 2 aromatic carbocycles. The fraction of sp³-hybridized carbons (Fsp3) is 0.400. The van der Waals surface area contributed by atoms with E-state index in [0.717, 1.165) is 69.1 Å². The van der Waals surface area contributed by atoms with E-state index < -0.39 is 0 Å². The molecule has 1 saturated heterocycles. The molecule has 4 heteroatoms. The third-order valence-electron chi connectivity index (χ3n) is 5.96. The van der Waals surface area contributed by atoms with Gasteiger partial charge in [-0.05, 0) is 42.8 Å². The van der Waals surface area contributed by atoms with Gasteiger partial charge in [0, 0.05) is 43.7 Å². The summed E-state index contributed by atoms with van der Waals surface area (Å²) < 4.78 is 0. The van der Waals surface area contributed by atoms with Crippen LogP contribution in [0.1, 0.15) is 25.3 Å². The quantitative estimate of drug-likeness (QED) is 0.610. The molecule has 1 aliphatic rings. The summed E-state index contributed by atoms with van der Waals surface area (Å²) in [7, 11) is 0. The molecule has 0 unspecified atom stereocenters. The van der Waals surface area contributed by atoms with Crippen molar-refractivity contribution in [3.63, 3.8) is 0 Å². The molecular formula is C25H31N3O. The number of benzene rings is 2. The van der Waals surface area contributed by atoms with E-state index in [9.17, 15) is 0 Å². The number of likely N-dealkylation sites (N-methyl/N-ethyl adjacent to an activating group) is 1. The van der Waals surface area contributed by atoms with Crippen molar-refractivity contribution in [1.29, 1.82) is 0 Å². The first kappa shape index (κ1) is 19.9. The maximum atomic E-state index is 8.97. The fourth-order valence-electron chi connectivity index (χ4n) is 4.13. The van der Waals surface area contributed by atoms with Crippen molar-refractivity contribution in [2.75, 3.05) is 44.2 Å². The summed E-state index contributed by atoms with van der Waals surface area (Å²) in [4.78, 5) is 10.1. The van der Waals surface area contributed by atoms with E-state index in [1.807, 2.05) is 0 Å². The van der Waals surface area contributed by atoms with Gasteiger partial charge in [-0.15, -0.1) is 0 Å². The molecule has 1 aromatic heterocycles. The van der Waals surface area contributed by atoms with Crippen LogP contribution in [0.5, 0.6) is 0 Å². The molecule has 0 saturated carbocycles. The number of anilines is 1. The highest BCUT2D eigenvalue weighted by Crippen LogP contribution is 2.31. The zero-order chi connectivity index (χ0) is 20.1. The Morgan fingerprint density at radius 2 is 1.69 bits per heavy atom. The molecule has 152 valence electrons. The molecule has 0 radical (unpaired) electrons. The van der Waals surface area contributed by atoms with Crippen molar-refractivity contribution in [2.24, 2.45) is 0 Å². The number of unbranched alkanes of at least 4 members (excludes halogenated alkanes) is 1. The molecule has 0 bridgehead atoms. The first-order valence-electron chi connectivity index (χ1n) is 10.9. The minimum absolute atomic E-state index is 0.272. The third kappa shape index (κ3) is 4.60. The standard InChI is InChI=1S/C25H31N3O/c1-2-27-14-16-28(17-15-27)25-23-9-4-3-8-22(23)19-24(26-25)21-12-10-20(11-13-21)7-5-6-18-29/h3-4,8-13,19,29H,2,5-7,14-18H2,1H3. The van der Waals surface area contributed by atoms with Gasteiger partial charge < -0.3 is 14.9 Å². The van der Waals surface area contributed by atoms with Gasteiger partial charge in [0.25, 0.3) is 0 Å². The predicted molar refractivity (Wildman–Crippen MR) is 122 cm³/mol. The van der Waals surface area contributed by atoms with Gasteiger partial charge in [-0.2, -0.15) is 0 Å². The van der Waals surface area contributed by atoms with Crippen molar-refractivity contribution in [3.8, 4) is 11.3 Å². The molecular weight excluding hydrogens is 358 g/mol. The van der Waals surface area contributed by atoms with Gasteiger partial charge in [-0.1, -0.05) is 55.5 Å². The summed E-state index contributed by atoms with van der Waals surface area (Å²) in [5.74, 6) is 1.11. The first-order valence-corrected chi connectivity index (χ1v) is 10.9. The fourth-order valence-corrected chi connectivity index (χ4v) is 4.13. The Bertz CT molecular complexity index is 930. The van der Waals surface area contributed by atoms with Gasteiger partial charge in [0.1, 0.15) is 5.82 Å². The monoisotopic (exact) mass is 389 g/mol. The lowest BCUT2D eigenvalue weighted by molar-refractivity contribution is 0.271. The van der Waals surface area contributed by atoms with Gasteiger partial charge in [0.15, 0.2) is 0 Å². The number of pyridine rings is 1. The molecule has 29 heavy (non-hydrogen) atoms. The summed E-state index contributed by atoms with van der Waals surface area (Å²) in [5, 5.41) is 11.5. The van der Waals surface area contributed by atoms with E-state index in [4.69, 9.17) is 10.1 Å². The van der Waals surface area contributed by atoms with Gasteiger partial charge in [-0.3, -0.25) is 0 Å². The van der Waals surface area contributed by atoms with Crippen LogP contribution >= 0.6 is 0 Å². The van der Waals surface area contributed by atoms with Crippen LogP contribution in [0.25, 0.3) is 22.0 Å². The second-order valence-electron chi connectivity index (χ2n) is 7.85. The number of nitrogens with zero attached hydrogens (tertiary/aromatic N) is 3. The van der Waals surface area contributed by atoms with E-state index in [-0.39, 0.29) is 6.61 Å². The average molecular weight is 390 g/mol. The number of aryl methyl sites for hydroxylation is 1. The first-order chi connectivity index (χ1) is 14.3. The Morgan fingerprint density at radius 3 is 2.41 bits per heavy atom. The van der Waals surface area contributed by atoms with Gasteiger partial charge in [0.05, 0.1) is 5.69 Å². The van der Waals surface area contributed by atoms with Gasteiger partial charge in [0.2, 0.25) is 0 Å². The second-order valence-corrected chi connectivity index (χ2v) is 7.85. The maximum Gasteiger partial charge on any atom is 0.137 e. The Morgan fingerprint density at radius 1 is 0.931 bits per heavy atom. The van der Waals surface area contributed by atoms with E-state index in [1.165, 1.54) is 16.3 Å². The minimum atomic E-state index is 0.272. The number of aromatic nitrogens is 1. The number of hydrogen-bond acceptors (Lipinski definition) is 4. The SMILES string of the molecule is CCN1CCN(c2nc(-c3ccc(CCCCO)cc3)cc3ccccc23)CC1. The van der Waals surface area contributed by atoms with Crippen molar-refractivity contribution in [3.05, 3.63) is 60.2 Å². The van der Waals surface area contributed by atoms with E-state index in [1.54, 1.807) is 0 Å². The smallest absolute Gasteiger partial charge is 0.137 e. The molecule has 0 aliphatic carbocycles. The van der Waals surface area contributed by atoms with Crippen LogP contribution in [0.15, 0.2) is 54.6 Å². The number of piperazine rings is 1. The topological polar surface area (TPSA) is 39.6 Å². The minimum Gasteiger partial charge on any atom is -0.396 e. The Hall–Kier alpha value is -2.43. The van der Waals surface area contributed by atoms with Crippen LogP contribution in [0, 0.1) is 0 Å². The zero-order valence-corrected chi connectivity index (χ0v) is 17.3. The molecule has 3 aromatic rings. The number of fused-ring (bicyclic) bond motifs is 1. The second kappa shape index (κ2) is 9.38. The Kier molecular flexibility index (Phi) is 6.43. The van der Waals surface area contributed by atoms with E-state index >= 15 is 0 Å². The van der Waals surface area contributed by atoms with Crippen LogP contribution in [0.2, 0.25) is 0 Å². The van der Waals surface area contributed by atoms with Gasteiger partial charge in [-0.25, -0.2) is 4.98 Å². The molecule has 4 nitrogen and oxygen atoms in total. The largest absolute Gasteiger partial charge is 0.396 e. The molecule has 0 atom stereocenters. The number of aliphatic hydroxyl groups excluding tert-OH is 1. The zero-order valence-electron chi connectivity index (χ0n) is 17.3. The van der Waals surface area contributed by atoms with Crippen molar-refractivity contribution >= 4 is 16.6 Å². The highest BCUT2D eigenvalue weighted by Gasteiger charge is 2.19. The summed E-state index contributed by atoms with van der Waals surface area (Å²) >= 11 is 0. The van der Waals surface area contributed by atoms with Crippen molar-refractivity contribution < 1.29 is 5.11 Å². The molecule has 0 amide bonds. The van der Waals surface area contributed by atoms with Crippen LogP contribution < -0.4 is 4.90 Å². The number of aliphatic hydroxyl groups is 1. The van der Waals surface area contributed by atoms with Crippen LogP contribution in [0.3, 0.4) is 0 Å². The highest BCUT2D eigenvalue weighted by molar-refractivity contribution is 5.95. The lowest BCUT2D eigenvalue weighted by Gasteiger charge is -2.35. The molecule has 1 N–H and O–H groups in total. The summed E-state index contributed by atoms with van der Waals surface area (Å²) in [6, 6.07) is 19.6. The molecule has 4 rings (SSSR count). The van der Waals surface area contributed by atoms with Crippen LogP contribution in [0.4, 0.5) is 5.82 Å². The van der Waals surface area contributed by atoms with Crippen molar-refractivity contribution in [1.82, 2.24) is 9.88 Å². The number of rotatable bonds is 7. The third-order valence-corrected chi connectivity index (χ3v) is 5.96. The van der Waals surface area contributed by atoms with Crippen molar-refractivity contribution in [2.45, 2.75) is 26.2 Å². The normalized spacial score (nSPS) is 15.2. The molecule has 1 aliphatic heterocycles. The number of hydrogen-bond donors (Lipinski definition) is 1. The molecule has 1 fully saturated rings. The highest BCUT2D eigenvalue weighted by atomic mass is 16.2. The summed E-state index contributed by atoms with van der Waals surface area (Å²) in [6.07, 6.45) is 2.90.